The van der Waals surface area contributed by atoms with E-state index in [-0.39, 0.29) is 12.3 Å². The van der Waals surface area contributed by atoms with Crippen molar-refractivity contribution in [2.75, 3.05) is 12.4 Å². The first-order valence-electron chi connectivity index (χ1n) is 8.42. The smallest absolute Gasteiger partial charge is 0.329 e. The number of hydrogen-bond acceptors (Lipinski definition) is 6. The first-order chi connectivity index (χ1) is 13.5. The van der Waals surface area contributed by atoms with Gasteiger partial charge in [-0.3, -0.25) is 19.4 Å². The van der Waals surface area contributed by atoms with Gasteiger partial charge < -0.3 is 15.4 Å². The molecule has 9 heteroatoms. The quantitative estimate of drug-likeness (QED) is 0.377. The molecule has 9 nitrogen and oxygen atoms in total. The minimum absolute atomic E-state index is 0.0192. The number of nitrogens with zero attached hydrogens (tertiary/aromatic N) is 2. The van der Waals surface area contributed by atoms with E-state index < -0.39 is 11.8 Å². The van der Waals surface area contributed by atoms with E-state index in [9.17, 15) is 14.4 Å². The highest BCUT2D eigenvalue weighted by atomic mass is 16.5. The van der Waals surface area contributed by atoms with Crippen molar-refractivity contribution in [3.05, 3.63) is 54.4 Å². The Bertz CT molecular complexity index is 868. The molecule has 0 fully saturated rings. The molecule has 0 radical (unpaired) electrons. The van der Waals surface area contributed by atoms with Crippen LogP contribution in [-0.2, 0) is 20.9 Å². The van der Waals surface area contributed by atoms with E-state index in [1.165, 1.54) is 7.11 Å². The number of aromatic nitrogens is 1. The maximum Gasteiger partial charge on any atom is 0.329 e. The zero-order valence-corrected chi connectivity index (χ0v) is 15.6. The number of pyridine rings is 1. The summed E-state index contributed by atoms with van der Waals surface area (Å²) in [6.07, 6.45) is 3.28. The molecule has 0 aliphatic rings. The molecule has 0 atom stereocenters. The normalized spacial score (nSPS) is 10.7. The number of benzene rings is 1. The summed E-state index contributed by atoms with van der Waals surface area (Å²) in [6.45, 7) is 1.91. The summed E-state index contributed by atoms with van der Waals surface area (Å²) in [5, 5.41) is 8.93. The lowest BCUT2D eigenvalue weighted by atomic mass is 10.2. The van der Waals surface area contributed by atoms with Gasteiger partial charge in [-0.15, -0.1) is 0 Å². The van der Waals surface area contributed by atoms with Crippen LogP contribution in [0.2, 0.25) is 0 Å². The Hall–Kier alpha value is -3.75. The van der Waals surface area contributed by atoms with E-state index in [2.05, 4.69) is 26.1 Å². The van der Waals surface area contributed by atoms with Crippen LogP contribution in [0.1, 0.15) is 18.9 Å². The van der Waals surface area contributed by atoms with Gasteiger partial charge in [-0.05, 0) is 30.7 Å². The third kappa shape index (κ3) is 6.52. The minimum atomic E-state index is -0.957. The van der Waals surface area contributed by atoms with Crippen LogP contribution in [0.4, 0.5) is 5.69 Å². The molecule has 146 valence electrons. The SMILES string of the molecule is COc1ccccc1NC(=O)C(=O)NN=C(C)CC(=O)NCc1cccnc1. The van der Waals surface area contributed by atoms with Gasteiger partial charge in [0.25, 0.3) is 0 Å². The van der Waals surface area contributed by atoms with E-state index >= 15 is 0 Å². The monoisotopic (exact) mass is 383 g/mol. The van der Waals surface area contributed by atoms with Gasteiger partial charge in [-0.1, -0.05) is 18.2 Å². The predicted molar refractivity (Wildman–Crippen MR) is 104 cm³/mol. The molecule has 0 spiro atoms. The molecule has 1 aromatic carbocycles. The summed E-state index contributed by atoms with van der Waals surface area (Å²) >= 11 is 0. The third-order valence-electron chi connectivity index (χ3n) is 3.54. The number of carbonyl (C=O) groups excluding carboxylic acids is 3. The highest BCUT2D eigenvalue weighted by molar-refractivity contribution is 6.39. The van der Waals surface area contributed by atoms with Gasteiger partial charge in [0.1, 0.15) is 5.75 Å². The zero-order chi connectivity index (χ0) is 20.4. The number of hydrazone groups is 1. The Morgan fingerprint density at radius 2 is 1.89 bits per heavy atom. The molecule has 0 saturated carbocycles. The molecule has 3 N–H and O–H groups in total. The van der Waals surface area contributed by atoms with Crippen molar-refractivity contribution in [3.8, 4) is 5.75 Å². The summed E-state index contributed by atoms with van der Waals surface area (Å²) in [5.74, 6) is -1.70. The second-order valence-corrected chi connectivity index (χ2v) is 5.76. The fourth-order valence-corrected chi connectivity index (χ4v) is 2.16. The minimum Gasteiger partial charge on any atom is -0.495 e. The number of nitrogens with one attached hydrogen (secondary N) is 3. The summed E-state index contributed by atoms with van der Waals surface area (Å²) in [6, 6.07) is 10.3. The Morgan fingerprint density at radius 1 is 1.11 bits per heavy atom. The van der Waals surface area contributed by atoms with Crippen molar-refractivity contribution in [3.63, 3.8) is 0 Å². The average Bonchev–Trinajstić information content (AvgIpc) is 2.71. The Kier molecular flexibility index (Phi) is 7.64. The number of rotatable bonds is 7. The number of methoxy groups -OCH3 is 1. The van der Waals surface area contributed by atoms with Crippen LogP contribution in [0.25, 0.3) is 0 Å². The number of para-hydroxylation sites is 2. The van der Waals surface area contributed by atoms with E-state index in [1.807, 2.05) is 6.07 Å². The number of ether oxygens (including phenoxy) is 1. The summed E-state index contributed by atoms with van der Waals surface area (Å²) < 4.78 is 5.10. The molecule has 0 saturated heterocycles. The first kappa shape index (κ1) is 20.6. The van der Waals surface area contributed by atoms with Gasteiger partial charge >= 0.3 is 11.8 Å². The standard InChI is InChI=1S/C19H21N5O4/c1-13(10-17(25)21-12-14-6-5-9-20-11-14)23-24-19(27)18(26)22-15-7-3-4-8-16(15)28-2/h3-9,11H,10,12H2,1-2H3,(H,21,25)(H,22,26)(H,24,27). The molecule has 0 unspecified atom stereocenters. The van der Waals surface area contributed by atoms with Gasteiger partial charge in [-0.2, -0.15) is 5.10 Å². The van der Waals surface area contributed by atoms with Gasteiger partial charge in [0.2, 0.25) is 5.91 Å². The number of anilines is 1. The highest BCUT2D eigenvalue weighted by Gasteiger charge is 2.15. The van der Waals surface area contributed by atoms with Crippen LogP contribution in [-0.4, -0.2) is 35.5 Å². The molecule has 1 heterocycles. The topological polar surface area (TPSA) is 122 Å². The summed E-state index contributed by atoms with van der Waals surface area (Å²) in [4.78, 5) is 39.7. The van der Waals surface area contributed by atoms with Crippen LogP contribution < -0.4 is 20.8 Å². The Labute approximate surface area is 162 Å². The lowest BCUT2D eigenvalue weighted by molar-refractivity contribution is -0.136. The lowest BCUT2D eigenvalue weighted by Gasteiger charge is -2.09. The van der Waals surface area contributed by atoms with Crippen LogP contribution in [0.3, 0.4) is 0 Å². The molecule has 0 bridgehead atoms. The van der Waals surface area contributed by atoms with E-state index in [0.717, 1.165) is 5.56 Å². The van der Waals surface area contributed by atoms with Crippen molar-refractivity contribution < 1.29 is 19.1 Å². The second-order valence-electron chi connectivity index (χ2n) is 5.76. The van der Waals surface area contributed by atoms with E-state index in [4.69, 9.17) is 4.74 Å². The Morgan fingerprint density at radius 3 is 2.61 bits per heavy atom. The summed E-state index contributed by atoms with van der Waals surface area (Å²) in [7, 11) is 1.46. The van der Waals surface area contributed by atoms with Crippen LogP contribution in [0, 0.1) is 0 Å². The second kappa shape index (κ2) is 10.4. The molecule has 3 amide bonds. The largest absolute Gasteiger partial charge is 0.495 e. The van der Waals surface area contributed by atoms with Crippen molar-refractivity contribution in [2.24, 2.45) is 5.10 Å². The van der Waals surface area contributed by atoms with E-state index in [1.54, 1.807) is 49.6 Å². The van der Waals surface area contributed by atoms with Crippen molar-refractivity contribution in [2.45, 2.75) is 19.9 Å². The molecule has 2 aromatic rings. The van der Waals surface area contributed by atoms with Gasteiger partial charge in [0.05, 0.1) is 19.2 Å². The number of amides is 3. The fourth-order valence-electron chi connectivity index (χ4n) is 2.16. The number of carbonyl (C=O) groups is 3. The highest BCUT2D eigenvalue weighted by Crippen LogP contribution is 2.22. The third-order valence-corrected chi connectivity index (χ3v) is 3.54. The molecule has 1 aromatic heterocycles. The molecule has 28 heavy (non-hydrogen) atoms. The molecule has 2 rings (SSSR count). The Balaban J connectivity index is 1.80. The van der Waals surface area contributed by atoms with Crippen LogP contribution in [0.15, 0.2) is 53.9 Å². The maximum atomic E-state index is 11.9. The molecular formula is C19H21N5O4. The molecule has 0 aliphatic heterocycles. The van der Waals surface area contributed by atoms with Gasteiger partial charge in [-0.25, -0.2) is 5.43 Å². The van der Waals surface area contributed by atoms with Crippen LogP contribution in [0.5, 0.6) is 5.75 Å². The van der Waals surface area contributed by atoms with Gasteiger partial charge in [0, 0.05) is 24.7 Å². The molecule has 0 aliphatic carbocycles. The van der Waals surface area contributed by atoms with Crippen LogP contribution >= 0.6 is 0 Å². The van der Waals surface area contributed by atoms with Crippen molar-refractivity contribution >= 4 is 29.1 Å². The maximum absolute atomic E-state index is 11.9. The molecular weight excluding hydrogens is 362 g/mol. The predicted octanol–water partition coefficient (Wildman–Crippen LogP) is 1.23. The zero-order valence-electron chi connectivity index (χ0n) is 15.6. The van der Waals surface area contributed by atoms with Gasteiger partial charge in [0.15, 0.2) is 0 Å². The number of hydrogen-bond donors (Lipinski definition) is 3. The first-order valence-corrected chi connectivity index (χ1v) is 8.42. The fraction of sp³-hybridized carbons (Fsp3) is 0.211. The average molecular weight is 383 g/mol. The van der Waals surface area contributed by atoms with E-state index in [0.29, 0.717) is 23.7 Å². The van der Waals surface area contributed by atoms with Crippen molar-refractivity contribution in [1.82, 2.24) is 15.7 Å². The van der Waals surface area contributed by atoms with Crippen molar-refractivity contribution in [1.29, 1.82) is 0 Å². The summed E-state index contributed by atoms with van der Waals surface area (Å²) in [5.41, 5.74) is 3.70. The lowest BCUT2D eigenvalue weighted by Crippen LogP contribution is -2.33.